The average molecular weight is 559 g/mol. The number of likely N-dealkylation sites (tertiary alicyclic amines) is 1. The van der Waals surface area contributed by atoms with E-state index in [1.165, 1.54) is 32.4 Å². The van der Waals surface area contributed by atoms with Gasteiger partial charge in [-0.25, -0.2) is 9.98 Å². The van der Waals surface area contributed by atoms with E-state index in [0.717, 1.165) is 72.2 Å². The molecular weight excluding hydrogens is 516 g/mol. The van der Waals surface area contributed by atoms with Gasteiger partial charge >= 0.3 is 0 Å². The van der Waals surface area contributed by atoms with Crippen molar-refractivity contribution in [2.45, 2.75) is 44.9 Å². The van der Waals surface area contributed by atoms with Gasteiger partial charge in [-0.15, -0.1) is 0 Å². The third kappa shape index (κ3) is 7.49. The Bertz CT molecular complexity index is 1270. The molecule has 0 radical (unpaired) electrons. The lowest BCUT2D eigenvalue weighted by Gasteiger charge is -2.17. The Hall–Kier alpha value is -3.36. The molecule has 5 aliphatic rings. The van der Waals surface area contributed by atoms with Crippen LogP contribution in [0, 0.1) is 11.8 Å². The maximum Gasteiger partial charge on any atom is 0.227 e. The maximum absolute atomic E-state index is 6.34. The number of rotatable bonds is 6. The predicted octanol–water partition coefficient (Wildman–Crippen LogP) is 5.38. The average Bonchev–Trinajstić information content (AvgIpc) is 3.65. The Labute approximate surface area is 243 Å². The standard InChI is InChI=1S/C33H42N4O4/c1-38-31-11-8-25-21-32(31)41-19-13-24-20-27(24)23-39-22-26-7-9-28(35-33-34-14-4-6-29(25)36-33)10-12-30(26)40-18-5-17-37-15-2-3-16-37/h4,7-8,10-12,14,21,24,27H,2-3,5-6,9,13,15-20,22-23H2,1H3,(H,34,35). The molecule has 8 heteroatoms. The van der Waals surface area contributed by atoms with Crippen molar-refractivity contribution in [3.05, 3.63) is 71.3 Å². The smallest absolute Gasteiger partial charge is 0.227 e. The summed E-state index contributed by atoms with van der Waals surface area (Å²) in [6.45, 7) is 6.21. The van der Waals surface area contributed by atoms with Crippen LogP contribution in [0.5, 0.6) is 11.5 Å². The van der Waals surface area contributed by atoms with E-state index in [-0.39, 0.29) is 0 Å². The Morgan fingerprint density at radius 2 is 2.05 bits per heavy atom. The quantitative estimate of drug-likeness (QED) is 0.473. The SMILES string of the molecule is COc1ccc2cc1OCCC1CC1COCC1=CCC(=CC=C1OCCCN1CCCC1)NC1=NC=CCC2=N1. The van der Waals surface area contributed by atoms with E-state index in [1.54, 1.807) is 7.11 Å². The highest BCUT2D eigenvalue weighted by molar-refractivity contribution is 6.08. The summed E-state index contributed by atoms with van der Waals surface area (Å²) in [5, 5.41) is 3.46. The first kappa shape index (κ1) is 27.8. The minimum atomic E-state index is 0.549. The van der Waals surface area contributed by atoms with Crippen LogP contribution >= 0.6 is 0 Å². The summed E-state index contributed by atoms with van der Waals surface area (Å²) in [6.07, 6.45) is 17.5. The van der Waals surface area contributed by atoms with Gasteiger partial charge in [0.05, 0.1) is 39.2 Å². The van der Waals surface area contributed by atoms with Crippen LogP contribution in [0.25, 0.3) is 0 Å². The van der Waals surface area contributed by atoms with E-state index in [2.05, 4.69) is 33.4 Å². The lowest BCUT2D eigenvalue weighted by atomic mass is 10.1. The molecule has 1 aromatic carbocycles. The molecule has 8 nitrogen and oxygen atoms in total. The summed E-state index contributed by atoms with van der Waals surface area (Å²) in [5.74, 6) is 4.17. The summed E-state index contributed by atoms with van der Waals surface area (Å²) in [5.41, 5.74) is 4.04. The highest BCUT2D eigenvalue weighted by Gasteiger charge is 2.36. The minimum Gasteiger partial charge on any atom is -0.493 e. The van der Waals surface area contributed by atoms with Gasteiger partial charge in [0.15, 0.2) is 11.5 Å². The maximum atomic E-state index is 6.34. The Morgan fingerprint density at radius 3 is 2.95 bits per heavy atom. The Kier molecular flexibility index (Phi) is 9.17. The van der Waals surface area contributed by atoms with Crippen LogP contribution in [0.2, 0.25) is 0 Å². The van der Waals surface area contributed by atoms with Crippen LogP contribution in [-0.4, -0.2) is 69.7 Å². The van der Waals surface area contributed by atoms with Gasteiger partial charge < -0.3 is 29.2 Å². The van der Waals surface area contributed by atoms with Crippen LogP contribution < -0.4 is 14.8 Å². The molecule has 6 bridgehead atoms. The van der Waals surface area contributed by atoms with Crippen LogP contribution in [0.15, 0.2) is 75.7 Å². The third-order valence-electron chi connectivity index (χ3n) is 8.42. The van der Waals surface area contributed by atoms with Crippen molar-refractivity contribution in [2.24, 2.45) is 21.8 Å². The molecule has 1 N–H and O–H groups in total. The molecule has 3 heterocycles. The molecule has 6 rings (SSSR count). The van der Waals surface area contributed by atoms with E-state index in [4.69, 9.17) is 23.9 Å². The third-order valence-corrected chi connectivity index (χ3v) is 8.42. The topological polar surface area (TPSA) is 76.9 Å². The van der Waals surface area contributed by atoms with Gasteiger partial charge in [0.1, 0.15) is 5.76 Å². The second-order valence-electron chi connectivity index (χ2n) is 11.4. The number of guanidine groups is 1. The number of hydrogen-bond acceptors (Lipinski definition) is 8. The molecule has 0 aromatic heterocycles. The summed E-state index contributed by atoms with van der Waals surface area (Å²) in [4.78, 5) is 12.0. The van der Waals surface area contributed by atoms with Gasteiger partial charge in [-0.2, -0.15) is 0 Å². The van der Waals surface area contributed by atoms with Crippen LogP contribution in [0.3, 0.4) is 0 Å². The largest absolute Gasteiger partial charge is 0.493 e. The van der Waals surface area contributed by atoms with Crippen molar-refractivity contribution in [1.82, 2.24) is 10.2 Å². The van der Waals surface area contributed by atoms with Crippen molar-refractivity contribution in [3.8, 4) is 11.5 Å². The summed E-state index contributed by atoms with van der Waals surface area (Å²) < 4.78 is 24.4. The van der Waals surface area contributed by atoms with Gasteiger partial charge in [0, 0.05) is 42.4 Å². The summed E-state index contributed by atoms with van der Waals surface area (Å²) in [7, 11) is 1.68. The van der Waals surface area contributed by atoms with Crippen LogP contribution in [-0.2, 0) is 9.47 Å². The number of nitrogens with zero attached hydrogens (tertiary/aromatic N) is 3. The highest BCUT2D eigenvalue weighted by atomic mass is 16.5. The summed E-state index contributed by atoms with van der Waals surface area (Å²) in [6, 6.07) is 6.03. The zero-order chi connectivity index (χ0) is 27.9. The number of benzene rings is 1. The first-order chi connectivity index (χ1) is 20.2. The zero-order valence-electron chi connectivity index (χ0n) is 24.1. The van der Waals surface area contributed by atoms with E-state index in [0.29, 0.717) is 44.0 Å². The second kappa shape index (κ2) is 13.5. The highest BCUT2D eigenvalue weighted by Crippen LogP contribution is 2.42. The minimum absolute atomic E-state index is 0.549. The Balaban J connectivity index is 1.22. The fourth-order valence-corrected chi connectivity index (χ4v) is 5.88. The van der Waals surface area contributed by atoms with Gasteiger partial charge in [0.2, 0.25) is 5.96 Å². The molecule has 1 saturated carbocycles. The molecule has 0 spiro atoms. The normalized spacial score (nSPS) is 24.8. The van der Waals surface area contributed by atoms with E-state index in [9.17, 15) is 0 Å². The van der Waals surface area contributed by atoms with Crippen molar-refractivity contribution >= 4 is 11.7 Å². The van der Waals surface area contributed by atoms with E-state index < -0.39 is 0 Å². The number of aliphatic imine (C=N–C) groups is 2. The molecule has 2 fully saturated rings. The van der Waals surface area contributed by atoms with Crippen molar-refractivity contribution in [2.75, 3.05) is 53.2 Å². The molecule has 1 aromatic rings. The van der Waals surface area contributed by atoms with Gasteiger partial charge in [0.25, 0.3) is 0 Å². The number of methoxy groups -OCH3 is 1. The van der Waals surface area contributed by atoms with Gasteiger partial charge in [-0.3, -0.25) is 0 Å². The number of fused-ring (bicyclic) bond motifs is 7. The molecule has 2 aliphatic carbocycles. The second-order valence-corrected chi connectivity index (χ2v) is 11.4. The van der Waals surface area contributed by atoms with E-state index in [1.807, 2.05) is 30.5 Å². The van der Waals surface area contributed by atoms with Crippen LogP contribution in [0.1, 0.15) is 50.5 Å². The molecular formula is C33H42N4O4. The molecule has 2 atom stereocenters. The first-order valence-corrected chi connectivity index (χ1v) is 15.2. The monoisotopic (exact) mass is 558 g/mol. The molecule has 0 amide bonds. The molecule has 1 saturated heterocycles. The van der Waals surface area contributed by atoms with Gasteiger partial charge in [-0.05, 0) is 87.4 Å². The number of allylic oxidation sites excluding steroid dienone is 4. The van der Waals surface area contributed by atoms with Crippen molar-refractivity contribution in [3.63, 3.8) is 0 Å². The number of nitrogens with one attached hydrogen (secondary N) is 1. The fraction of sp³-hybridized carbons (Fsp3) is 0.515. The first-order valence-electron chi connectivity index (χ1n) is 15.2. The number of ether oxygens (including phenoxy) is 4. The van der Waals surface area contributed by atoms with E-state index >= 15 is 0 Å². The number of hydrogen-bond donors (Lipinski definition) is 1. The lowest BCUT2D eigenvalue weighted by Crippen LogP contribution is -2.22. The zero-order valence-corrected chi connectivity index (χ0v) is 24.1. The molecule has 2 unspecified atom stereocenters. The molecule has 218 valence electrons. The predicted molar refractivity (Wildman–Crippen MR) is 161 cm³/mol. The lowest BCUT2D eigenvalue weighted by molar-refractivity contribution is 0.129. The summed E-state index contributed by atoms with van der Waals surface area (Å²) >= 11 is 0. The van der Waals surface area contributed by atoms with Crippen LogP contribution in [0.4, 0.5) is 0 Å². The fourth-order valence-electron chi connectivity index (χ4n) is 5.88. The molecule has 3 aliphatic heterocycles. The van der Waals surface area contributed by atoms with Crippen molar-refractivity contribution < 1.29 is 18.9 Å². The molecule has 41 heavy (non-hydrogen) atoms. The van der Waals surface area contributed by atoms with Gasteiger partial charge in [-0.1, -0.05) is 12.2 Å². The Morgan fingerprint density at radius 1 is 1.12 bits per heavy atom. The van der Waals surface area contributed by atoms with Crippen molar-refractivity contribution in [1.29, 1.82) is 0 Å².